The average Bonchev–Trinajstić information content (AvgIpc) is 2.94. The van der Waals surface area contributed by atoms with Crippen LogP contribution in [-0.4, -0.2) is 17.0 Å². The highest BCUT2D eigenvalue weighted by atomic mass is 16.3. The lowest BCUT2D eigenvalue weighted by atomic mass is 9.98. The largest absolute Gasteiger partial charge is 0.389 e. The molecule has 0 radical (unpaired) electrons. The average molecular weight is 314 g/mol. The molecule has 2 nitrogen and oxygen atoms in total. The van der Waals surface area contributed by atoms with Crippen molar-refractivity contribution in [2.45, 2.75) is 60.0 Å². The molecular formula is C21H30O2. The molecule has 2 heteroatoms. The van der Waals surface area contributed by atoms with Crippen LogP contribution in [0.15, 0.2) is 47.1 Å². The van der Waals surface area contributed by atoms with Crippen LogP contribution >= 0.6 is 0 Å². The molecule has 2 rings (SSSR count). The molecule has 2 aliphatic carbocycles. The van der Waals surface area contributed by atoms with Gasteiger partial charge in [0.1, 0.15) is 0 Å². The van der Waals surface area contributed by atoms with Gasteiger partial charge in [0.25, 0.3) is 0 Å². The number of carbonyl (C=O) groups excluding carboxylic acids is 1. The van der Waals surface area contributed by atoms with Crippen LogP contribution in [0.4, 0.5) is 0 Å². The molecule has 0 bridgehead atoms. The van der Waals surface area contributed by atoms with Gasteiger partial charge in [-0.25, -0.2) is 0 Å². The summed E-state index contributed by atoms with van der Waals surface area (Å²) in [5, 5.41) is 10.2. The zero-order valence-corrected chi connectivity index (χ0v) is 15.1. The van der Waals surface area contributed by atoms with E-state index >= 15 is 0 Å². The molecule has 0 saturated heterocycles. The highest BCUT2D eigenvalue weighted by Crippen LogP contribution is 2.61. The highest BCUT2D eigenvalue weighted by molar-refractivity contribution is 6.09. The van der Waals surface area contributed by atoms with Crippen molar-refractivity contribution in [2.75, 3.05) is 0 Å². The first-order valence-corrected chi connectivity index (χ1v) is 8.57. The number of allylic oxidation sites excluding steroid dienone is 5. The topological polar surface area (TPSA) is 37.3 Å². The standard InChI is InChI=1S/C21H30O2/c1-13-7-8-18-19(21(18,5)6)12-16(4)20(23)15(3)9-14(2)11-17(22)10-13/h9-10,12,17-19,22H,3,7-8,11H2,1-2,4-6H3/b13-10+,14-9+,16-12+/t17-,18+,19-/m1/s1. The van der Waals surface area contributed by atoms with Crippen molar-refractivity contribution in [1.29, 1.82) is 0 Å². The van der Waals surface area contributed by atoms with Gasteiger partial charge >= 0.3 is 0 Å². The number of carbonyl (C=O) groups is 1. The summed E-state index contributed by atoms with van der Waals surface area (Å²) in [5.41, 5.74) is 3.79. The summed E-state index contributed by atoms with van der Waals surface area (Å²) < 4.78 is 0. The van der Waals surface area contributed by atoms with E-state index < -0.39 is 6.10 Å². The Morgan fingerprint density at radius 3 is 2.48 bits per heavy atom. The highest BCUT2D eigenvalue weighted by Gasteiger charge is 2.55. The first-order chi connectivity index (χ1) is 10.6. The minimum atomic E-state index is -0.489. The van der Waals surface area contributed by atoms with Crippen molar-refractivity contribution in [2.24, 2.45) is 17.3 Å². The van der Waals surface area contributed by atoms with Crippen molar-refractivity contribution in [3.63, 3.8) is 0 Å². The SMILES string of the molecule is C=C1/C=C(\C)C[C@H](O)/C=C(\C)CC[C@H]2[C@@H](/C=C(\C)C1=O)C2(C)C. The number of rotatable bonds is 0. The summed E-state index contributed by atoms with van der Waals surface area (Å²) in [4.78, 5) is 12.5. The van der Waals surface area contributed by atoms with Crippen LogP contribution in [0.25, 0.3) is 0 Å². The molecule has 0 unspecified atom stereocenters. The number of Topliss-reactive ketones (excluding diaryl/α,β-unsaturated/α-hetero) is 1. The normalized spacial score (nSPS) is 39.0. The third kappa shape index (κ3) is 4.11. The number of hydrogen-bond acceptors (Lipinski definition) is 2. The fourth-order valence-corrected chi connectivity index (χ4v) is 3.87. The van der Waals surface area contributed by atoms with Gasteiger partial charge in [-0.1, -0.05) is 49.8 Å². The van der Waals surface area contributed by atoms with Crippen molar-refractivity contribution in [3.8, 4) is 0 Å². The van der Waals surface area contributed by atoms with Gasteiger partial charge < -0.3 is 5.11 Å². The van der Waals surface area contributed by atoms with Gasteiger partial charge in [0.05, 0.1) is 6.10 Å². The van der Waals surface area contributed by atoms with Gasteiger partial charge in [-0.05, 0) is 62.9 Å². The Labute approximate surface area is 140 Å². The van der Waals surface area contributed by atoms with E-state index in [9.17, 15) is 9.90 Å². The molecule has 0 spiro atoms. The number of ketones is 1. The van der Waals surface area contributed by atoms with E-state index in [1.54, 1.807) is 0 Å². The second kappa shape index (κ2) is 6.60. The predicted molar refractivity (Wildman–Crippen MR) is 96.0 cm³/mol. The van der Waals surface area contributed by atoms with Crippen LogP contribution in [-0.2, 0) is 4.79 Å². The Balaban J connectivity index is 2.32. The van der Waals surface area contributed by atoms with Gasteiger partial charge in [-0.2, -0.15) is 0 Å². The summed E-state index contributed by atoms with van der Waals surface area (Å²) in [6.07, 6.45) is 8.10. The molecule has 126 valence electrons. The van der Waals surface area contributed by atoms with Crippen LogP contribution in [0, 0.1) is 17.3 Å². The molecular weight excluding hydrogens is 284 g/mol. The van der Waals surface area contributed by atoms with Gasteiger partial charge in [-0.15, -0.1) is 0 Å². The third-order valence-electron chi connectivity index (χ3n) is 5.50. The molecule has 0 amide bonds. The van der Waals surface area contributed by atoms with Crippen molar-refractivity contribution < 1.29 is 9.90 Å². The molecule has 1 N–H and O–H groups in total. The summed E-state index contributed by atoms with van der Waals surface area (Å²) in [7, 11) is 0. The Hall–Kier alpha value is -1.41. The van der Waals surface area contributed by atoms with E-state index in [-0.39, 0.29) is 11.2 Å². The lowest BCUT2D eigenvalue weighted by Crippen LogP contribution is -2.06. The summed E-state index contributed by atoms with van der Waals surface area (Å²) in [6.45, 7) is 14.4. The maximum absolute atomic E-state index is 12.5. The second-order valence-electron chi connectivity index (χ2n) is 7.97. The lowest BCUT2D eigenvalue weighted by molar-refractivity contribution is -0.111. The van der Waals surface area contributed by atoms with Gasteiger partial charge in [0, 0.05) is 5.57 Å². The van der Waals surface area contributed by atoms with Crippen molar-refractivity contribution >= 4 is 5.78 Å². The number of fused-ring (bicyclic) bond motifs is 1. The van der Waals surface area contributed by atoms with Crippen molar-refractivity contribution in [1.82, 2.24) is 0 Å². The van der Waals surface area contributed by atoms with E-state index in [1.165, 1.54) is 5.57 Å². The monoisotopic (exact) mass is 314 g/mol. The summed E-state index contributed by atoms with van der Waals surface area (Å²) >= 11 is 0. The van der Waals surface area contributed by atoms with Crippen LogP contribution in [0.2, 0.25) is 0 Å². The molecule has 1 fully saturated rings. The first kappa shape index (κ1) is 17.9. The molecule has 23 heavy (non-hydrogen) atoms. The van der Waals surface area contributed by atoms with Gasteiger partial charge in [0.15, 0.2) is 5.78 Å². The number of aliphatic hydroxyl groups is 1. The molecule has 2 aliphatic rings. The van der Waals surface area contributed by atoms with Crippen LogP contribution in [0.1, 0.15) is 53.9 Å². The quantitative estimate of drug-likeness (QED) is 0.516. The maximum Gasteiger partial charge on any atom is 0.187 e. The summed E-state index contributed by atoms with van der Waals surface area (Å²) in [5.74, 6) is 1.09. The van der Waals surface area contributed by atoms with Crippen LogP contribution < -0.4 is 0 Å². The molecule has 0 aliphatic heterocycles. The van der Waals surface area contributed by atoms with Crippen molar-refractivity contribution in [3.05, 3.63) is 47.1 Å². The van der Waals surface area contributed by atoms with Gasteiger partial charge in [0.2, 0.25) is 0 Å². The summed E-state index contributed by atoms with van der Waals surface area (Å²) in [6, 6.07) is 0. The third-order valence-corrected chi connectivity index (χ3v) is 5.50. The Kier molecular flexibility index (Phi) is 5.15. The molecule has 3 atom stereocenters. The minimum absolute atomic E-state index is 0.0177. The Bertz CT molecular complexity index is 601. The van der Waals surface area contributed by atoms with Crippen LogP contribution in [0.5, 0.6) is 0 Å². The zero-order valence-electron chi connectivity index (χ0n) is 15.1. The first-order valence-electron chi connectivity index (χ1n) is 8.57. The van der Waals surface area contributed by atoms with E-state index in [2.05, 4.69) is 33.4 Å². The van der Waals surface area contributed by atoms with E-state index in [0.717, 1.165) is 24.0 Å². The second-order valence-corrected chi connectivity index (χ2v) is 7.97. The zero-order chi connectivity index (χ0) is 17.4. The molecule has 0 aromatic heterocycles. The van der Waals surface area contributed by atoms with Gasteiger partial charge in [-0.3, -0.25) is 4.79 Å². The fourth-order valence-electron chi connectivity index (χ4n) is 3.87. The molecule has 1 saturated carbocycles. The molecule has 0 heterocycles. The Morgan fingerprint density at radius 2 is 1.83 bits per heavy atom. The predicted octanol–water partition coefficient (Wildman–Crippen LogP) is 4.77. The minimum Gasteiger partial charge on any atom is -0.389 e. The van der Waals surface area contributed by atoms with E-state index in [1.807, 2.05) is 26.0 Å². The molecule has 0 aromatic carbocycles. The van der Waals surface area contributed by atoms with Crippen LogP contribution in [0.3, 0.4) is 0 Å². The number of hydrogen-bond donors (Lipinski definition) is 1. The van der Waals surface area contributed by atoms with E-state index in [4.69, 9.17) is 0 Å². The van der Waals surface area contributed by atoms with E-state index in [0.29, 0.717) is 23.8 Å². The number of aliphatic hydroxyl groups excluding tert-OH is 1. The smallest absolute Gasteiger partial charge is 0.187 e. The fraction of sp³-hybridized carbons (Fsp3) is 0.571. The Morgan fingerprint density at radius 1 is 1.17 bits per heavy atom. The molecule has 0 aromatic rings. The maximum atomic E-state index is 12.5. The lowest BCUT2D eigenvalue weighted by Gasteiger charge is -2.10.